The van der Waals surface area contributed by atoms with Gasteiger partial charge in [0.25, 0.3) is 5.56 Å². The fourth-order valence-electron chi connectivity index (χ4n) is 3.46. The second-order valence-corrected chi connectivity index (χ2v) is 6.54. The van der Waals surface area contributed by atoms with E-state index in [2.05, 4.69) is 9.84 Å². The highest BCUT2D eigenvalue weighted by Crippen LogP contribution is 2.29. The minimum Gasteiger partial charge on any atom is -0.422 e. The lowest BCUT2D eigenvalue weighted by Gasteiger charge is -2.13. The number of pyridine rings is 1. The molecule has 0 aliphatic carbocycles. The molecule has 0 bridgehead atoms. The molecule has 29 heavy (non-hydrogen) atoms. The Bertz CT molecular complexity index is 1380. The number of aromatic nitrogens is 3. The highest BCUT2D eigenvalue weighted by atomic mass is 19.4. The SMILES string of the molecule is Cc1cc(=O)oc2c1c(=O)n(-c1ccc(OC(F)(F)F)cc1)c1c2c(C)nn1C. The van der Waals surface area contributed by atoms with Crippen molar-refractivity contribution in [2.75, 3.05) is 0 Å². The standard InChI is InChI=1S/C19H14F3N3O4/c1-9-8-13(26)28-16-14(9)18(27)25(17-15(16)10(2)23-24(17)3)11-4-6-12(7-5-11)29-19(20,21)22/h4-8H,1-3H3. The molecule has 0 amide bonds. The van der Waals surface area contributed by atoms with Crippen molar-refractivity contribution in [1.82, 2.24) is 14.3 Å². The van der Waals surface area contributed by atoms with Gasteiger partial charge in [0.05, 0.1) is 22.2 Å². The molecule has 0 saturated carbocycles. The molecular weight excluding hydrogens is 391 g/mol. The Hall–Kier alpha value is -3.56. The fourth-order valence-corrected chi connectivity index (χ4v) is 3.46. The Morgan fingerprint density at radius 1 is 1.07 bits per heavy atom. The van der Waals surface area contributed by atoms with Gasteiger partial charge >= 0.3 is 12.0 Å². The number of rotatable bonds is 2. The summed E-state index contributed by atoms with van der Waals surface area (Å²) < 4.78 is 49.2. The Kier molecular flexibility index (Phi) is 4.03. The maximum Gasteiger partial charge on any atom is 0.573 e. The summed E-state index contributed by atoms with van der Waals surface area (Å²) in [6, 6.07) is 6.12. The van der Waals surface area contributed by atoms with E-state index in [0.29, 0.717) is 28.0 Å². The molecule has 150 valence electrons. The molecule has 0 aliphatic rings. The highest BCUT2D eigenvalue weighted by Gasteiger charge is 2.31. The van der Waals surface area contributed by atoms with Crippen LogP contribution in [0.15, 0.2) is 44.3 Å². The lowest BCUT2D eigenvalue weighted by atomic mass is 10.1. The molecule has 0 spiro atoms. The zero-order valence-electron chi connectivity index (χ0n) is 15.5. The van der Waals surface area contributed by atoms with E-state index in [9.17, 15) is 22.8 Å². The first-order valence-corrected chi connectivity index (χ1v) is 8.46. The third-order valence-electron chi connectivity index (χ3n) is 4.53. The van der Waals surface area contributed by atoms with Gasteiger partial charge in [-0.2, -0.15) is 5.10 Å². The van der Waals surface area contributed by atoms with E-state index in [1.165, 1.54) is 27.4 Å². The molecule has 3 heterocycles. The summed E-state index contributed by atoms with van der Waals surface area (Å²) in [6.07, 6.45) is -4.82. The van der Waals surface area contributed by atoms with Crippen molar-refractivity contribution in [3.63, 3.8) is 0 Å². The van der Waals surface area contributed by atoms with Gasteiger partial charge in [-0.15, -0.1) is 13.2 Å². The third-order valence-corrected chi connectivity index (χ3v) is 4.53. The zero-order valence-corrected chi connectivity index (χ0v) is 15.5. The number of hydrogen-bond acceptors (Lipinski definition) is 5. The van der Waals surface area contributed by atoms with Crippen LogP contribution in [-0.4, -0.2) is 20.7 Å². The first-order chi connectivity index (χ1) is 13.6. The molecule has 0 fully saturated rings. The number of halogens is 3. The number of ether oxygens (including phenoxy) is 1. The molecule has 0 N–H and O–H groups in total. The van der Waals surface area contributed by atoms with Crippen molar-refractivity contribution >= 4 is 22.0 Å². The van der Waals surface area contributed by atoms with E-state index in [4.69, 9.17) is 4.42 Å². The summed E-state index contributed by atoms with van der Waals surface area (Å²) in [5.41, 5.74) is 0.674. The molecule has 4 rings (SSSR count). The minimum atomic E-state index is -4.82. The van der Waals surface area contributed by atoms with Gasteiger partial charge in [-0.05, 0) is 43.7 Å². The number of fused-ring (bicyclic) bond motifs is 3. The Morgan fingerprint density at radius 2 is 1.72 bits per heavy atom. The molecule has 0 radical (unpaired) electrons. The van der Waals surface area contributed by atoms with Crippen LogP contribution in [0.3, 0.4) is 0 Å². The van der Waals surface area contributed by atoms with Crippen molar-refractivity contribution in [3.05, 3.63) is 62.4 Å². The molecule has 0 saturated heterocycles. The molecular formula is C19H14F3N3O4. The van der Waals surface area contributed by atoms with Crippen LogP contribution < -0.4 is 15.9 Å². The van der Waals surface area contributed by atoms with Crippen LogP contribution in [0.2, 0.25) is 0 Å². The normalized spacial score (nSPS) is 12.1. The summed E-state index contributed by atoms with van der Waals surface area (Å²) in [5, 5.41) is 4.98. The molecule has 3 aromatic heterocycles. The van der Waals surface area contributed by atoms with E-state index in [1.807, 2.05) is 0 Å². The first-order valence-electron chi connectivity index (χ1n) is 8.46. The van der Waals surface area contributed by atoms with Gasteiger partial charge in [0.15, 0.2) is 5.58 Å². The molecule has 10 heteroatoms. The van der Waals surface area contributed by atoms with Crippen LogP contribution in [0.5, 0.6) is 5.75 Å². The molecule has 7 nitrogen and oxygen atoms in total. The van der Waals surface area contributed by atoms with Crippen LogP contribution in [0.4, 0.5) is 13.2 Å². The van der Waals surface area contributed by atoms with Gasteiger partial charge in [-0.3, -0.25) is 14.0 Å². The fraction of sp³-hybridized carbons (Fsp3) is 0.211. The van der Waals surface area contributed by atoms with E-state index >= 15 is 0 Å². The maximum absolute atomic E-state index is 13.3. The van der Waals surface area contributed by atoms with Crippen molar-refractivity contribution in [3.8, 4) is 11.4 Å². The van der Waals surface area contributed by atoms with Crippen LogP contribution in [0.1, 0.15) is 11.3 Å². The Labute approximate surface area is 160 Å². The van der Waals surface area contributed by atoms with Gasteiger partial charge < -0.3 is 9.15 Å². The van der Waals surface area contributed by atoms with Crippen LogP contribution in [-0.2, 0) is 7.05 Å². The number of nitrogens with zero attached hydrogens (tertiary/aromatic N) is 3. The van der Waals surface area contributed by atoms with Gasteiger partial charge in [0.2, 0.25) is 0 Å². The number of benzene rings is 1. The predicted molar refractivity (Wildman–Crippen MR) is 98.5 cm³/mol. The quantitative estimate of drug-likeness (QED) is 0.511. The van der Waals surface area contributed by atoms with Gasteiger partial charge in [0.1, 0.15) is 11.4 Å². The van der Waals surface area contributed by atoms with E-state index < -0.39 is 23.3 Å². The zero-order chi connectivity index (χ0) is 21.1. The average molecular weight is 405 g/mol. The van der Waals surface area contributed by atoms with Crippen LogP contribution in [0, 0.1) is 13.8 Å². The Balaban J connectivity index is 2.08. The van der Waals surface area contributed by atoms with E-state index in [0.717, 1.165) is 12.1 Å². The lowest BCUT2D eigenvalue weighted by Crippen LogP contribution is -2.22. The van der Waals surface area contributed by atoms with Crippen molar-refractivity contribution in [2.45, 2.75) is 20.2 Å². The second-order valence-electron chi connectivity index (χ2n) is 6.54. The number of hydrogen-bond donors (Lipinski definition) is 0. The third kappa shape index (κ3) is 3.06. The largest absolute Gasteiger partial charge is 0.573 e. The number of alkyl halides is 3. The van der Waals surface area contributed by atoms with Crippen LogP contribution >= 0.6 is 0 Å². The summed E-state index contributed by atoms with van der Waals surface area (Å²) >= 11 is 0. The topological polar surface area (TPSA) is 79.3 Å². The monoisotopic (exact) mass is 405 g/mol. The van der Waals surface area contributed by atoms with Crippen LogP contribution in [0.25, 0.3) is 27.7 Å². The first kappa shape index (κ1) is 18.8. The molecule has 1 aromatic carbocycles. The van der Waals surface area contributed by atoms with Gasteiger partial charge in [-0.25, -0.2) is 4.79 Å². The smallest absolute Gasteiger partial charge is 0.422 e. The van der Waals surface area contributed by atoms with E-state index in [-0.39, 0.29) is 11.0 Å². The minimum absolute atomic E-state index is 0.133. The Morgan fingerprint density at radius 3 is 2.34 bits per heavy atom. The lowest BCUT2D eigenvalue weighted by molar-refractivity contribution is -0.274. The van der Waals surface area contributed by atoms with Gasteiger partial charge in [0, 0.05) is 13.1 Å². The summed E-state index contributed by atoms with van der Waals surface area (Å²) in [7, 11) is 1.62. The van der Waals surface area contributed by atoms with Crippen molar-refractivity contribution < 1.29 is 22.3 Å². The molecule has 0 aliphatic heterocycles. The summed E-state index contributed by atoms with van der Waals surface area (Å²) in [5.74, 6) is -0.408. The molecule has 0 atom stereocenters. The highest BCUT2D eigenvalue weighted by molar-refractivity contribution is 6.03. The molecule has 4 aromatic rings. The van der Waals surface area contributed by atoms with Crippen molar-refractivity contribution in [2.24, 2.45) is 7.05 Å². The van der Waals surface area contributed by atoms with E-state index in [1.54, 1.807) is 20.9 Å². The predicted octanol–water partition coefficient (Wildman–Crippen LogP) is 3.35. The summed E-state index contributed by atoms with van der Waals surface area (Å²) in [4.78, 5) is 25.2. The van der Waals surface area contributed by atoms with Crippen molar-refractivity contribution in [1.29, 1.82) is 0 Å². The van der Waals surface area contributed by atoms with Gasteiger partial charge in [-0.1, -0.05) is 0 Å². The summed E-state index contributed by atoms with van der Waals surface area (Å²) in [6.45, 7) is 3.32. The number of aryl methyl sites for hydroxylation is 3. The average Bonchev–Trinajstić information content (AvgIpc) is 2.89. The molecule has 0 unspecified atom stereocenters. The second kappa shape index (κ2) is 6.23. The maximum atomic E-state index is 13.3.